The molecule has 0 saturated heterocycles. The smallest absolute Gasteiger partial charge is 0.414 e. The number of aldehydes is 1. The third-order valence-corrected chi connectivity index (χ3v) is 9.88. The summed E-state index contributed by atoms with van der Waals surface area (Å²) < 4.78 is 17.7. The second-order valence-electron chi connectivity index (χ2n) is 12.6. The molecular weight excluding hydrogens is 532 g/mol. The maximum absolute atomic E-state index is 13.0. The van der Waals surface area contributed by atoms with Crippen molar-refractivity contribution in [2.75, 3.05) is 0 Å². The summed E-state index contributed by atoms with van der Waals surface area (Å²) >= 11 is 0. The molecule has 41 heavy (non-hydrogen) atoms. The Bertz CT molecular complexity index is 1250. The van der Waals surface area contributed by atoms with Gasteiger partial charge >= 0.3 is 24.1 Å². The van der Waals surface area contributed by atoms with Crippen LogP contribution in [0.15, 0.2) is 23.3 Å². The van der Waals surface area contributed by atoms with Gasteiger partial charge in [0.05, 0.1) is 5.60 Å². The molecular formula is C30H40N2O9. The first kappa shape index (κ1) is 30.8. The number of rotatable bonds is 9. The van der Waals surface area contributed by atoms with Gasteiger partial charge in [-0.3, -0.25) is 14.4 Å². The second kappa shape index (κ2) is 10.6. The highest BCUT2D eigenvalue weighted by molar-refractivity contribution is 6.20. The van der Waals surface area contributed by atoms with Crippen molar-refractivity contribution < 1.29 is 48.4 Å². The van der Waals surface area contributed by atoms with Gasteiger partial charge < -0.3 is 30.0 Å². The predicted molar refractivity (Wildman–Crippen MR) is 144 cm³/mol. The van der Waals surface area contributed by atoms with Gasteiger partial charge in [0.25, 0.3) is 0 Å². The maximum atomic E-state index is 13.0. The second-order valence-corrected chi connectivity index (χ2v) is 12.6. The quantitative estimate of drug-likeness (QED) is 0.0800. The molecule has 2 saturated carbocycles. The average Bonchev–Trinajstić information content (AvgIpc) is 3.30. The number of hydrogen-bond donors (Lipinski definition) is 2. The molecule has 11 heteroatoms. The fraction of sp³-hybridized carbons (Fsp3) is 0.700. The van der Waals surface area contributed by atoms with Gasteiger partial charge in [-0.2, -0.15) is 4.79 Å². The zero-order chi connectivity index (χ0) is 30.5. The number of esters is 3. The van der Waals surface area contributed by atoms with E-state index in [-0.39, 0.29) is 24.8 Å². The molecule has 2 fully saturated rings. The van der Waals surface area contributed by atoms with E-state index in [1.54, 1.807) is 26.0 Å². The van der Waals surface area contributed by atoms with Crippen molar-refractivity contribution in [1.29, 1.82) is 0 Å². The molecule has 0 bridgehead atoms. The molecule has 0 aromatic carbocycles. The Hall–Kier alpha value is -3.14. The van der Waals surface area contributed by atoms with E-state index in [0.29, 0.717) is 30.9 Å². The monoisotopic (exact) mass is 572 g/mol. The van der Waals surface area contributed by atoms with E-state index >= 15 is 0 Å². The van der Waals surface area contributed by atoms with E-state index in [1.807, 2.05) is 27.7 Å². The lowest BCUT2D eigenvalue weighted by Gasteiger charge is -2.53. The minimum Gasteiger partial charge on any atom is -0.458 e. The molecule has 4 rings (SSSR count). The molecule has 0 amide bonds. The fourth-order valence-electron chi connectivity index (χ4n) is 8.13. The molecule has 0 aromatic heterocycles. The minimum atomic E-state index is -1.95. The van der Waals surface area contributed by atoms with Crippen LogP contribution in [0.4, 0.5) is 0 Å². The summed E-state index contributed by atoms with van der Waals surface area (Å²) in [6, 6.07) is 0. The maximum Gasteiger partial charge on any atom is 0.414 e. The summed E-state index contributed by atoms with van der Waals surface area (Å²) in [7, 11) is 0. The van der Waals surface area contributed by atoms with Crippen molar-refractivity contribution in [1.82, 2.24) is 0 Å². The Kier molecular flexibility index (Phi) is 7.97. The highest BCUT2D eigenvalue weighted by Gasteiger charge is 2.88. The van der Waals surface area contributed by atoms with E-state index in [2.05, 4.69) is 4.79 Å². The van der Waals surface area contributed by atoms with E-state index in [4.69, 9.17) is 19.7 Å². The van der Waals surface area contributed by atoms with Crippen LogP contribution in [-0.2, 0) is 33.4 Å². The van der Waals surface area contributed by atoms with Crippen molar-refractivity contribution in [2.45, 2.75) is 103 Å². The molecule has 0 aromatic rings. The summed E-state index contributed by atoms with van der Waals surface area (Å²) in [6.07, 6.45) is 3.21. The van der Waals surface area contributed by atoms with E-state index < -0.39 is 76.0 Å². The number of carbonyl (C=O) groups is 4. The van der Waals surface area contributed by atoms with Crippen LogP contribution in [0, 0.1) is 29.1 Å². The van der Waals surface area contributed by atoms with Gasteiger partial charge in [-0.15, -0.1) is 0 Å². The summed E-state index contributed by atoms with van der Waals surface area (Å²) in [5.41, 5.74) is 3.59. The Morgan fingerprint density at radius 3 is 2.32 bits per heavy atom. The lowest BCUT2D eigenvalue weighted by Crippen LogP contribution is -2.66. The fourth-order valence-corrected chi connectivity index (χ4v) is 8.13. The van der Waals surface area contributed by atoms with Crippen LogP contribution < -0.4 is 0 Å². The molecule has 2 N–H and O–H groups in total. The van der Waals surface area contributed by atoms with Gasteiger partial charge in [-0.25, -0.2) is 4.79 Å². The number of hydrogen-bond acceptors (Lipinski definition) is 9. The number of nitrogens with zero attached hydrogens (tertiary/aromatic N) is 2. The zero-order valence-electron chi connectivity index (χ0n) is 24.5. The average molecular weight is 573 g/mol. The van der Waals surface area contributed by atoms with Crippen LogP contribution in [0.2, 0.25) is 0 Å². The molecule has 0 heterocycles. The minimum absolute atomic E-state index is 0.126. The van der Waals surface area contributed by atoms with Gasteiger partial charge in [0, 0.05) is 48.3 Å². The van der Waals surface area contributed by atoms with Crippen molar-refractivity contribution in [3.05, 3.63) is 28.8 Å². The van der Waals surface area contributed by atoms with Gasteiger partial charge in [-0.1, -0.05) is 46.8 Å². The van der Waals surface area contributed by atoms with Crippen molar-refractivity contribution in [2.24, 2.45) is 29.1 Å². The van der Waals surface area contributed by atoms with Crippen LogP contribution in [0.3, 0.4) is 0 Å². The van der Waals surface area contributed by atoms with Gasteiger partial charge in [0.15, 0.2) is 11.7 Å². The summed E-state index contributed by atoms with van der Waals surface area (Å²) in [5, 5.41) is 25.1. The third-order valence-electron chi connectivity index (χ3n) is 9.88. The summed E-state index contributed by atoms with van der Waals surface area (Å²) in [5.74, 6) is -5.28. The predicted octanol–water partition coefficient (Wildman–Crippen LogP) is 2.48. The third kappa shape index (κ3) is 4.40. The van der Waals surface area contributed by atoms with E-state index in [9.17, 15) is 29.4 Å². The molecule has 4 aliphatic rings. The van der Waals surface area contributed by atoms with Crippen molar-refractivity contribution in [3.8, 4) is 0 Å². The first-order valence-corrected chi connectivity index (χ1v) is 14.3. The highest BCUT2D eigenvalue weighted by Crippen LogP contribution is 2.77. The summed E-state index contributed by atoms with van der Waals surface area (Å²) in [6.45, 7) is 10.8. The van der Waals surface area contributed by atoms with Crippen LogP contribution >= 0.6 is 0 Å². The molecule has 11 nitrogen and oxygen atoms in total. The number of aliphatic hydroxyl groups is 2. The van der Waals surface area contributed by atoms with Gasteiger partial charge in [0.2, 0.25) is 0 Å². The van der Waals surface area contributed by atoms with Crippen molar-refractivity contribution >= 4 is 30.4 Å². The molecule has 0 radical (unpaired) electrons. The lowest BCUT2D eigenvalue weighted by molar-refractivity contribution is -0.236. The Morgan fingerprint density at radius 1 is 1.10 bits per heavy atom. The topological polar surface area (TPSA) is 173 Å². The Morgan fingerprint density at radius 2 is 1.73 bits per heavy atom. The SMILES string of the molecule is CCCC(=O)O[C@@H]1[C@@H](C)[C@]2(O)[C@@H]3C=C(C)[C@H](OC(=O)C=[N+]=[N-])[C@@]3(O)CC(C=O)=C[C@H]2[C@@H]2C(C)(C)[C@]12OC(=O)CCC. The zero-order valence-corrected chi connectivity index (χ0v) is 24.5. The normalized spacial score (nSPS) is 39.7. The molecule has 224 valence electrons. The first-order chi connectivity index (χ1) is 19.2. The number of ether oxygens (including phenoxy) is 3. The van der Waals surface area contributed by atoms with Crippen LogP contribution in [-0.4, -0.2) is 74.4 Å². The first-order valence-electron chi connectivity index (χ1n) is 14.3. The molecule has 9 atom stereocenters. The standard InChI is InChI=1S/C30H40N2O9/c1-7-9-21(34)39-26-17(4)29(38)19(24-27(5,6)30(24,26)41-22(35)10-8-2)12-18(15-33)13-28(37)20(29)11-16(3)25(28)40-23(36)14-32-31/h11-12,14-15,17,19-20,24-26,37-38H,7-10,13H2,1-6H3/t17-,19+,20-,24-,25+,26-,28-,29-,30-/m1/s1. The summed E-state index contributed by atoms with van der Waals surface area (Å²) in [4.78, 5) is 53.2. The van der Waals surface area contributed by atoms with Crippen LogP contribution in [0.25, 0.3) is 5.53 Å². The Labute approximate surface area is 239 Å². The lowest BCUT2D eigenvalue weighted by atomic mass is 9.58. The molecule has 0 aliphatic heterocycles. The van der Waals surface area contributed by atoms with Crippen LogP contribution in [0.1, 0.15) is 73.6 Å². The van der Waals surface area contributed by atoms with E-state index in [0.717, 1.165) is 0 Å². The molecule has 0 unspecified atom stereocenters. The largest absolute Gasteiger partial charge is 0.458 e. The number of carbonyl (C=O) groups excluding carboxylic acids is 4. The molecule has 0 spiro atoms. The van der Waals surface area contributed by atoms with Gasteiger partial charge in [-0.05, 0) is 30.9 Å². The van der Waals surface area contributed by atoms with Crippen molar-refractivity contribution in [3.63, 3.8) is 0 Å². The number of fused-ring (bicyclic) bond motifs is 5. The highest BCUT2D eigenvalue weighted by atomic mass is 16.6. The van der Waals surface area contributed by atoms with Crippen LogP contribution in [0.5, 0.6) is 0 Å². The van der Waals surface area contributed by atoms with Gasteiger partial charge in [0.1, 0.15) is 18.0 Å². The van der Waals surface area contributed by atoms with E-state index in [1.165, 1.54) is 0 Å². The molecule has 4 aliphatic carbocycles. The Balaban J connectivity index is 1.90.